The minimum Gasteiger partial charge on any atom is -0.352 e. The molecular weight excluding hydrogens is 170 g/mol. The third-order valence-corrected chi connectivity index (χ3v) is 2.97. The number of ether oxygens (including phenoxy) is 2. The Hall–Kier alpha value is -0.160. The van der Waals surface area contributed by atoms with Crippen LogP contribution in [0, 0.1) is 5.92 Å². The van der Waals surface area contributed by atoms with Crippen molar-refractivity contribution < 1.29 is 14.3 Å². The van der Waals surface area contributed by atoms with E-state index in [0.717, 1.165) is 19.4 Å². The molecule has 0 aromatic heterocycles. The van der Waals surface area contributed by atoms with Gasteiger partial charge in [-0.2, -0.15) is 5.48 Å². The van der Waals surface area contributed by atoms with E-state index >= 15 is 0 Å². The number of hydrogen-bond donors (Lipinski definition) is 1. The Morgan fingerprint density at radius 1 is 1.46 bits per heavy atom. The lowest BCUT2D eigenvalue weighted by Crippen LogP contribution is -2.50. The van der Waals surface area contributed by atoms with E-state index in [9.17, 15) is 0 Å². The summed E-state index contributed by atoms with van der Waals surface area (Å²) in [5, 5.41) is 0. The van der Waals surface area contributed by atoms with Crippen molar-refractivity contribution in [3.05, 3.63) is 0 Å². The first-order chi connectivity index (χ1) is 6.26. The van der Waals surface area contributed by atoms with E-state index in [0.29, 0.717) is 12.5 Å². The molecule has 1 N–H and O–H groups in total. The highest BCUT2D eigenvalue weighted by molar-refractivity contribution is 4.96. The average Bonchev–Trinajstić information content (AvgIpc) is 2.46. The van der Waals surface area contributed by atoms with Gasteiger partial charge in [0.1, 0.15) is 0 Å². The molecule has 2 saturated heterocycles. The van der Waals surface area contributed by atoms with Crippen LogP contribution < -0.4 is 5.48 Å². The first-order valence-electron chi connectivity index (χ1n) is 4.79. The van der Waals surface area contributed by atoms with Gasteiger partial charge in [-0.3, -0.25) is 0 Å². The molecule has 0 bridgehead atoms. The van der Waals surface area contributed by atoms with E-state index in [1.54, 1.807) is 7.11 Å². The van der Waals surface area contributed by atoms with Crippen LogP contribution in [0.15, 0.2) is 0 Å². The highest BCUT2D eigenvalue weighted by atomic mass is 16.7. The van der Waals surface area contributed by atoms with E-state index in [2.05, 4.69) is 12.4 Å². The first-order valence-corrected chi connectivity index (χ1v) is 4.79. The topological polar surface area (TPSA) is 39.7 Å². The van der Waals surface area contributed by atoms with Gasteiger partial charge in [-0.15, -0.1) is 0 Å². The van der Waals surface area contributed by atoms with Gasteiger partial charge in [0.05, 0.1) is 19.3 Å². The van der Waals surface area contributed by atoms with Crippen LogP contribution in [0.1, 0.15) is 19.8 Å². The van der Waals surface area contributed by atoms with E-state index < -0.39 is 0 Å². The monoisotopic (exact) mass is 187 g/mol. The van der Waals surface area contributed by atoms with Crippen molar-refractivity contribution in [1.29, 1.82) is 0 Å². The maximum Gasteiger partial charge on any atom is 0.162 e. The summed E-state index contributed by atoms with van der Waals surface area (Å²) in [7, 11) is 1.64. The normalized spacial score (nSPS) is 44.8. The van der Waals surface area contributed by atoms with Crippen LogP contribution in [-0.2, 0) is 14.3 Å². The summed E-state index contributed by atoms with van der Waals surface area (Å²) in [6.45, 7) is 3.61. The molecule has 0 aromatic carbocycles. The van der Waals surface area contributed by atoms with Crippen molar-refractivity contribution in [2.75, 3.05) is 20.3 Å². The molecule has 0 saturated carbocycles. The summed E-state index contributed by atoms with van der Waals surface area (Å²) >= 11 is 0. The zero-order chi connectivity index (χ0) is 9.31. The third kappa shape index (κ3) is 1.59. The molecule has 3 atom stereocenters. The van der Waals surface area contributed by atoms with Gasteiger partial charge in [-0.25, -0.2) is 0 Å². The molecule has 76 valence electrons. The van der Waals surface area contributed by atoms with Crippen LogP contribution in [0.4, 0.5) is 0 Å². The summed E-state index contributed by atoms with van der Waals surface area (Å²) < 4.78 is 11.1. The second-order valence-electron chi connectivity index (χ2n) is 4.02. The van der Waals surface area contributed by atoms with Crippen LogP contribution in [0.2, 0.25) is 0 Å². The van der Waals surface area contributed by atoms with Gasteiger partial charge >= 0.3 is 0 Å². The lowest BCUT2D eigenvalue weighted by Gasteiger charge is -2.33. The highest BCUT2D eigenvalue weighted by Crippen LogP contribution is 2.37. The SMILES string of the molecule is CONC1(C)COC2OCCCC21. The van der Waals surface area contributed by atoms with Gasteiger partial charge < -0.3 is 14.3 Å². The molecule has 4 nitrogen and oxygen atoms in total. The minimum absolute atomic E-state index is 0.0265. The van der Waals surface area contributed by atoms with Crippen LogP contribution in [0.3, 0.4) is 0 Å². The molecule has 2 rings (SSSR count). The van der Waals surface area contributed by atoms with Gasteiger partial charge in [0.2, 0.25) is 0 Å². The third-order valence-electron chi connectivity index (χ3n) is 2.97. The molecule has 2 aliphatic rings. The summed E-state index contributed by atoms with van der Waals surface area (Å²) in [6, 6.07) is 0. The van der Waals surface area contributed by atoms with Gasteiger partial charge in [-0.1, -0.05) is 0 Å². The zero-order valence-corrected chi connectivity index (χ0v) is 8.21. The molecule has 0 spiro atoms. The summed E-state index contributed by atoms with van der Waals surface area (Å²) in [6.07, 6.45) is 2.24. The molecular formula is C9H17NO3. The number of hydroxylamine groups is 1. The second-order valence-corrected chi connectivity index (χ2v) is 4.02. The fourth-order valence-corrected chi connectivity index (χ4v) is 2.24. The highest BCUT2D eigenvalue weighted by Gasteiger charge is 2.48. The summed E-state index contributed by atoms with van der Waals surface area (Å²) in [5.41, 5.74) is 2.93. The van der Waals surface area contributed by atoms with Crippen molar-refractivity contribution in [3.8, 4) is 0 Å². The maximum absolute atomic E-state index is 5.56. The molecule has 2 heterocycles. The Kier molecular flexibility index (Phi) is 2.55. The van der Waals surface area contributed by atoms with Crippen molar-refractivity contribution in [2.45, 2.75) is 31.6 Å². The molecule has 0 amide bonds. The molecule has 0 aliphatic carbocycles. The molecule has 2 aliphatic heterocycles. The Morgan fingerprint density at radius 3 is 3.08 bits per heavy atom. The second kappa shape index (κ2) is 3.53. The van der Waals surface area contributed by atoms with Crippen molar-refractivity contribution in [3.63, 3.8) is 0 Å². The standard InChI is InChI=1S/C9H17NO3/c1-9(10-11-2)6-13-8-7(9)4-3-5-12-8/h7-8,10H,3-6H2,1-2H3. The molecule has 4 heteroatoms. The minimum atomic E-state index is -0.0835. The summed E-state index contributed by atoms with van der Waals surface area (Å²) in [4.78, 5) is 4.99. The summed E-state index contributed by atoms with van der Waals surface area (Å²) in [5.74, 6) is 0.418. The lowest BCUT2D eigenvalue weighted by molar-refractivity contribution is -0.153. The molecule has 0 radical (unpaired) electrons. The maximum atomic E-state index is 5.56. The van der Waals surface area contributed by atoms with Crippen molar-refractivity contribution >= 4 is 0 Å². The zero-order valence-electron chi connectivity index (χ0n) is 8.21. The van der Waals surface area contributed by atoms with E-state index in [4.69, 9.17) is 14.3 Å². The lowest BCUT2D eigenvalue weighted by atomic mass is 9.84. The van der Waals surface area contributed by atoms with Crippen LogP contribution >= 0.6 is 0 Å². The quantitative estimate of drug-likeness (QED) is 0.645. The van der Waals surface area contributed by atoms with Gasteiger partial charge in [-0.05, 0) is 19.8 Å². The Bertz CT molecular complexity index is 188. The van der Waals surface area contributed by atoms with E-state index in [-0.39, 0.29) is 11.8 Å². The predicted molar refractivity (Wildman–Crippen MR) is 47.0 cm³/mol. The number of nitrogens with one attached hydrogen (secondary N) is 1. The van der Waals surface area contributed by atoms with Gasteiger partial charge in [0, 0.05) is 12.5 Å². The van der Waals surface area contributed by atoms with Crippen molar-refractivity contribution in [1.82, 2.24) is 5.48 Å². The largest absolute Gasteiger partial charge is 0.352 e. The van der Waals surface area contributed by atoms with E-state index in [1.165, 1.54) is 0 Å². The smallest absolute Gasteiger partial charge is 0.162 e. The van der Waals surface area contributed by atoms with Crippen molar-refractivity contribution in [2.24, 2.45) is 5.92 Å². The molecule has 3 unspecified atom stereocenters. The number of hydrogen-bond acceptors (Lipinski definition) is 4. The van der Waals surface area contributed by atoms with Gasteiger partial charge in [0.25, 0.3) is 0 Å². The fraction of sp³-hybridized carbons (Fsp3) is 1.00. The molecule has 0 aromatic rings. The predicted octanol–water partition coefficient (Wildman–Crippen LogP) is 0.679. The Balaban J connectivity index is 2.05. The fourth-order valence-electron chi connectivity index (χ4n) is 2.24. The van der Waals surface area contributed by atoms with Gasteiger partial charge in [0.15, 0.2) is 6.29 Å². The van der Waals surface area contributed by atoms with E-state index in [1.807, 2.05) is 0 Å². The molecule has 2 fully saturated rings. The van der Waals surface area contributed by atoms with Crippen LogP contribution in [0.5, 0.6) is 0 Å². The van der Waals surface area contributed by atoms with Crippen LogP contribution in [-0.4, -0.2) is 32.2 Å². The average molecular weight is 187 g/mol. The Labute approximate surface area is 78.5 Å². The number of fused-ring (bicyclic) bond motifs is 1. The number of rotatable bonds is 2. The first kappa shape index (κ1) is 9.40. The van der Waals surface area contributed by atoms with Crippen LogP contribution in [0.25, 0.3) is 0 Å². The molecule has 13 heavy (non-hydrogen) atoms. The Morgan fingerprint density at radius 2 is 2.31 bits per heavy atom.